The van der Waals surface area contributed by atoms with Crippen molar-refractivity contribution in [3.8, 4) is 0 Å². The fourth-order valence-electron chi connectivity index (χ4n) is 3.70. The van der Waals surface area contributed by atoms with Gasteiger partial charge in [-0.3, -0.25) is 4.79 Å². The van der Waals surface area contributed by atoms with Crippen molar-refractivity contribution in [1.82, 2.24) is 29.7 Å². The fraction of sp³-hybridized carbons (Fsp3) is 0.500. The van der Waals surface area contributed by atoms with Crippen LogP contribution in [-0.4, -0.2) is 57.0 Å². The molecule has 7 heteroatoms. The minimum absolute atomic E-state index is 0.400. The summed E-state index contributed by atoms with van der Waals surface area (Å²) in [6.07, 6.45) is 11.3. The van der Waals surface area contributed by atoms with Gasteiger partial charge in [-0.15, -0.1) is 0 Å². The molecule has 2 aliphatic rings. The first kappa shape index (κ1) is 16.1. The predicted molar refractivity (Wildman–Crippen MR) is 97.4 cm³/mol. The monoisotopic (exact) mass is 340 g/mol. The SMILES string of the molecule is C1CCNC1.O=CN1CCC(n2cnc3cnc4[nH]ccc4c32)CC1. The summed E-state index contributed by atoms with van der Waals surface area (Å²) in [5.74, 6) is 0. The van der Waals surface area contributed by atoms with Crippen molar-refractivity contribution in [2.45, 2.75) is 31.7 Å². The van der Waals surface area contributed by atoms with Gasteiger partial charge in [0.25, 0.3) is 0 Å². The van der Waals surface area contributed by atoms with Gasteiger partial charge in [-0.05, 0) is 44.8 Å². The molecular formula is C18H24N6O. The predicted octanol–water partition coefficient (Wildman–Crippen LogP) is 2.08. The number of carbonyl (C=O) groups is 1. The van der Waals surface area contributed by atoms with Gasteiger partial charge in [-0.2, -0.15) is 0 Å². The average Bonchev–Trinajstić information content (AvgIpc) is 3.42. The Morgan fingerprint density at radius 3 is 2.64 bits per heavy atom. The van der Waals surface area contributed by atoms with Crippen LogP contribution < -0.4 is 5.32 Å². The highest BCUT2D eigenvalue weighted by Crippen LogP contribution is 2.29. The molecule has 5 heterocycles. The number of nitrogens with one attached hydrogen (secondary N) is 2. The molecule has 0 aliphatic carbocycles. The van der Waals surface area contributed by atoms with Crippen molar-refractivity contribution < 1.29 is 4.79 Å². The van der Waals surface area contributed by atoms with E-state index in [0.29, 0.717) is 6.04 Å². The molecule has 1 amide bonds. The van der Waals surface area contributed by atoms with Crippen LogP contribution in [0, 0.1) is 0 Å². The van der Waals surface area contributed by atoms with E-state index in [9.17, 15) is 4.79 Å². The summed E-state index contributed by atoms with van der Waals surface area (Å²) in [7, 11) is 0. The molecular weight excluding hydrogens is 316 g/mol. The third-order valence-electron chi connectivity index (χ3n) is 5.12. The van der Waals surface area contributed by atoms with E-state index in [2.05, 4.69) is 24.8 Å². The summed E-state index contributed by atoms with van der Waals surface area (Å²) < 4.78 is 2.25. The van der Waals surface area contributed by atoms with E-state index >= 15 is 0 Å². The normalized spacial score (nSPS) is 18.5. The minimum atomic E-state index is 0.400. The molecule has 0 radical (unpaired) electrons. The van der Waals surface area contributed by atoms with Crippen LogP contribution in [0.25, 0.3) is 22.1 Å². The molecule has 3 aromatic rings. The highest BCUT2D eigenvalue weighted by atomic mass is 16.1. The van der Waals surface area contributed by atoms with Crippen molar-refractivity contribution in [3.63, 3.8) is 0 Å². The highest BCUT2D eigenvalue weighted by Gasteiger charge is 2.22. The lowest BCUT2D eigenvalue weighted by atomic mass is 10.1. The van der Waals surface area contributed by atoms with Crippen molar-refractivity contribution >= 4 is 28.5 Å². The van der Waals surface area contributed by atoms with Crippen molar-refractivity contribution in [2.24, 2.45) is 0 Å². The molecule has 0 spiro atoms. The summed E-state index contributed by atoms with van der Waals surface area (Å²) in [5, 5.41) is 4.33. The number of piperidine rings is 1. The van der Waals surface area contributed by atoms with Gasteiger partial charge in [0.15, 0.2) is 0 Å². The molecule has 0 atom stereocenters. The van der Waals surface area contributed by atoms with Crippen LogP contribution >= 0.6 is 0 Å². The average molecular weight is 340 g/mol. The molecule has 3 aromatic heterocycles. The van der Waals surface area contributed by atoms with Gasteiger partial charge in [0.1, 0.15) is 11.2 Å². The smallest absolute Gasteiger partial charge is 0.209 e. The van der Waals surface area contributed by atoms with E-state index < -0.39 is 0 Å². The molecule has 2 saturated heterocycles. The first-order valence-corrected chi connectivity index (χ1v) is 9.05. The fourth-order valence-corrected chi connectivity index (χ4v) is 3.70. The Morgan fingerprint density at radius 2 is 1.96 bits per heavy atom. The topological polar surface area (TPSA) is 78.8 Å². The Balaban J connectivity index is 0.000000272. The number of hydrogen-bond acceptors (Lipinski definition) is 4. The van der Waals surface area contributed by atoms with Crippen molar-refractivity contribution in [1.29, 1.82) is 0 Å². The third-order valence-corrected chi connectivity index (χ3v) is 5.12. The van der Waals surface area contributed by atoms with Crippen LogP contribution in [-0.2, 0) is 4.79 Å². The minimum Gasteiger partial charge on any atom is -0.346 e. The van der Waals surface area contributed by atoms with Crippen LogP contribution in [0.4, 0.5) is 0 Å². The van der Waals surface area contributed by atoms with Crippen molar-refractivity contribution in [2.75, 3.05) is 26.2 Å². The summed E-state index contributed by atoms with van der Waals surface area (Å²) >= 11 is 0. The molecule has 0 saturated carbocycles. The summed E-state index contributed by atoms with van der Waals surface area (Å²) in [6, 6.07) is 2.44. The lowest BCUT2D eigenvalue weighted by Crippen LogP contribution is -2.33. The highest BCUT2D eigenvalue weighted by molar-refractivity contribution is 6.00. The van der Waals surface area contributed by atoms with Gasteiger partial charge in [-0.1, -0.05) is 0 Å². The number of fused-ring (bicyclic) bond motifs is 3. The molecule has 2 aliphatic heterocycles. The lowest BCUT2D eigenvalue weighted by Gasteiger charge is -2.30. The Labute approximate surface area is 146 Å². The number of likely N-dealkylation sites (tertiary alicyclic amines) is 1. The summed E-state index contributed by atoms with van der Waals surface area (Å²) in [4.78, 5) is 24.6. The van der Waals surface area contributed by atoms with E-state index in [1.165, 1.54) is 25.9 Å². The largest absolute Gasteiger partial charge is 0.346 e. The molecule has 25 heavy (non-hydrogen) atoms. The van der Waals surface area contributed by atoms with Crippen LogP contribution in [0.1, 0.15) is 31.7 Å². The molecule has 0 aromatic carbocycles. The van der Waals surface area contributed by atoms with E-state index in [0.717, 1.165) is 54.4 Å². The van der Waals surface area contributed by atoms with Gasteiger partial charge in [0.05, 0.1) is 18.0 Å². The quantitative estimate of drug-likeness (QED) is 0.700. The Kier molecular flexibility index (Phi) is 4.65. The van der Waals surface area contributed by atoms with Gasteiger partial charge in [0.2, 0.25) is 6.41 Å². The molecule has 2 fully saturated rings. The van der Waals surface area contributed by atoms with Crippen molar-refractivity contribution in [3.05, 3.63) is 24.8 Å². The summed E-state index contributed by atoms with van der Waals surface area (Å²) in [6.45, 7) is 4.13. The molecule has 0 bridgehead atoms. The number of hydrogen-bond donors (Lipinski definition) is 2. The number of carbonyl (C=O) groups excluding carboxylic acids is 1. The lowest BCUT2D eigenvalue weighted by molar-refractivity contribution is -0.119. The standard InChI is InChI=1S/C14H15N5O.C4H9N/c20-9-18-5-2-10(3-6-18)19-8-17-12-7-16-14-11(13(12)19)1-4-15-14;1-2-4-5-3-1/h1,4,7-10H,2-3,5-6H2,(H,15,16);5H,1-4H2. The summed E-state index contributed by atoms with van der Waals surface area (Å²) in [5.41, 5.74) is 2.96. The Bertz CT molecular complexity index is 834. The maximum atomic E-state index is 10.8. The second-order valence-electron chi connectivity index (χ2n) is 6.71. The van der Waals surface area contributed by atoms with Gasteiger partial charge in [0, 0.05) is 30.7 Å². The number of rotatable bonds is 2. The maximum Gasteiger partial charge on any atom is 0.209 e. The number of aromatic nitrogens is 4. The number of pyridine rings is 1. The number of aromatic amines is 1. The van der Waals surface area contributed by atoms with Gasteiger partial charge >= 0.3 is 0 Å². The van der Waals surface area contributed by atoms with Crippen LogP contribution in [0.3, 0.4) is 0 Å². The zero-order valence-electron chi connectivity index (χ0n) is 14.3. The van der Waals surface area contributed by atoms with Gasteiger partial charge < -0.3 is 19.8 Å². The number of amides is 1. The first-order chi connectivity index (χ1) is 12.4. The van der Waals surface area contributed by atoms with Gasteiger partial charge in [-0.25, -0.2) is 9.97 Å². The second kappa shape index (κ2) is 7.23. The second-order valence-corrected chi connectivity index (χ2v) is 6.71. The zero-order valence-corrected chi connectivity index (χ0v) is 14.3. The Morgan fingerprint density at radius 1 is 1.16 bits per heavy atom. The molecule has 2 N–H and O–H groups in total. The number of nitrogens with zero attached hydrogens (tertiary/aromatic N) is 4. The molecule has 0 unspecified atom stereocenters. The maximum absolute atomic E-state index is 10.8. The van der Waals surface area contributed by atoms with E-state index in [1.54, 1.807) is 0 Å². The molecule has 5 rings (SSSR count). The third kappa shape index (κ3) is 3.24. The molecule has 7 nitrogen and oxygen atoms in total. The van der Waals surface area contributed by atoms with E-state index in [1.807, 2.05) is 29.7 Å². The van der Waals surface area contributed by atoms with Crippen LogP contribution in [0.5, 0.6) is 0 Å². The van der Waals surface area contributed by atoms with E-state index in [4.69, 9.17) is 0 Å². The number of imidazole rings is 1. The first-order valence-electron chi connectivity index (χ1n) is 9.05. The zero-order chi connectivity index (χ0) is 17.1. The van der Waals surface area contributed by atoms with E-state index in [-0.39, 0.29) is 0 Å². The molecule has 132 valence electrons. The van der Waals surface area contributed by atoms with Crippen LogP contribution in [0.2, 0.25) is 0 Å². The van der Waals surface area contributed by atoms with Crippen LogP contribution in [0.15, 0.2) is 24.8 Å². The Hall–Kier alpha value is -2.41. The number of H-pyrrole nitrogens is 1.